The molecule has 2 heterocycles. The second kappa shape index (κ2) is 8.22. The smallest absolute Gasteiger partial charge is 0.315 e. The number of nitrogens with zero attached hydrogens (tertiary/aromatic N) is 3. The lowest BCUT2D eigenvalue weighted by molar-refractivity contribution is -0.133. The number of hydrogen-bond acceptors (Lipinski definition) is 5. The van der Waals surface area contributed by atoms with Gasteiger partial charge in [0.05, 0.1) is 17.8 Å². The van der Waals surface area contributed by atoms with E-state index in [-0.39, 0.29) is 12.4 Å². The average molecular weight is 367 g/mol. The van der Waals surface area contributed by atoms with Crippen molar-refractivity contribution in [2.75, 3.05) is 0 Å². The number of aromatic nitrogens is 3. The third-order valence-corrected chi connectivity index (χ3v) is 4.12. The van der Waals surface area contributed by atoms with E-state index >= 15 is 0 Å². The van der Waals surface area contributed by atoms with Crippen molar-refractivity contribution in [3.63, 3.8) is 0 Å². The summed E-state index contributed by atoms with van der Waals surface area (Å²) in [7, 11) is 0. The lowest BCUT2D eigenvalue weighted by atomic mass is 10.1. The van der Waals surface area contributed by atoms with Gasteiger partial charge in [-0.15, -0.1) is 0 Å². The van der Waals surface area contributed by atoms with Crippen LogP contribution in [0.1, 0.15) is 5.56 Å². The largest absolute Gasteiger partial charge is 0.426 e. The molecule has 0 aliphatic heterocycles. The van der Waals surface area contributed by atoms with Gasteiger partial charge in [-0.2, -0.15) is 0 Å². The summed E-state index contributed by atoms with van der Waals surface area (Å²) in [4.78, 5) is 25.3. The van der Waals surface area contributed by atoms with Gasteiger partial charge < -0.3 is 4.74 Å². The number of carbonyl (C=O) groups excluding carboxylic acids is 1. The van der Waals surface area contributed by atoms with E-state index in [0.29, 0.717) is 11.6 Å². The van der Waals surface area contributed by atoms with E-state index in [2.05, 4.69) is 15.0 Å². The summed E-state index contributed by atoms with van der Waals surface area (Å²) < 4.78 is 5.41. The van der Waals surface area contributed by atoms with Gasteiger partial charge in [0.1, 0.15) is 5.75 Å². The maximum atomic E-state index is 12.1. The van der Waals surface area contributed by atoms with E-state index in [9.17, 15) is 4.79 Å². The van der Waals surface area contributed by atoms with Crippen LogP contribution in [-0.4, -0.2) is 20.9 Å². The molecule has 4 rings (SSSR count). The number of ether oxygens (including phenoxy) is 1. The molecule has 2 aromatic heterocycles. The standard InChI is InChI=1S/C23H17N3O2/c27-22(16-17-6-2-1-3-7-17)28-19-11-9-18(10-12-19)23-25-15-13-21(26-23)20-8-4-5-14-24-20/h1-15H,16H2. The van der Waals surface area contributed by atoms with Crippen LogP contribution in [0, 0.1) is 0 Å². The molecular formula is C23H17N3O2. The van der Waals surface area contributed by atoms with Crippen LogP contribution in [0.3, 0.4) is 0 Å². The number of esters is 1. The van der Waals surface area contributed by atoms with Gasteiger partial charge in [-0.05, 0) is 48.0 Å². The van der Waals surface area contributed by atoms with Gasteiger partial charge >= 0.3 is 5.97 Å². The lowest BCUT2D eigenvalue weighted by Gasteiger charge is -2.06. The summed E-state index contributed by atoms with van der Waals surface area (Å²) in [5, 5.41) is 0. The van der Waals surface area contributed by atoms with Crippen LogP contribution in [0.15, 0.2) is 91.3 Å². The Hall–Kier alpha value is -3.86. The molecule has 0 saturated heterocycles. The fourth-order valence-corrected chi connectivity index (χ4v) is 2.76. The number of carbonyl (C=O) groups is 1. The molecule has 0 N–H and O–H groups in total. The Balaban J connectivity index is 1.47. The Kier molecular flexibility index (Phi) is 5.15. The molecule has 0 fully saturated rings. The molecule has 2 aromatic carbocycles. The van der Waals surface area contributed by atoms with E-state index < -0.39 is 0 Å². The van der Waals surface area contributed by atoms with Crippen LogP contribution in [0.4, 0.5) is 0 Å². The molecule has 0 atom stereocenters. The molecule has 0 aliphatic rings. The summed E-state index contributed by atoms with van der Waals surface area (Å²) in [6.07, 6.45) is 3.67. The first-order valence-corrected chi connectivity index (χ1v) is 8.87. The number of pyridine rings is 1. The van der Waals surface area contributed by atoms with Crippen molar-refractivity contribution < 1.29 is 9.53 Å². The van der Waals surface area contributed by atoms with Gasteiger partial charge in [0, 0.05) is 18.0 Å². The molecule has 0 bridgehead atoms. The number of hydrogen-bond donors (Lipinski definition) is 0. The first-order valence-electron chi connectivity index (χ1n) is 8.87. The van der Waals surface area contributed by atoms with E-state index in [1.165, 1.54) is 0 Å². The van der Waals surface area contributed by atoms with Crippen molar-refractivity contribution in [1.82, 2.24) is 15.0 Å². The molecular weight excluding hydrogens is 350 g/mol. The Morgan fingerprint density at radius 3 is 2.29 bits per heavy atom. The van der Waals surface area contributed by atoms with Crippen molar-refractivity contribution >= 4 is 5.97 Å². The molecule has 0 spiro atoms. The SMILES string of the molecule is O=C(Cc1ccccc1)Oc1ccc(-c2nccc(-c3ccccn3)n2)cc1. The average Bonchev–Trinajstić information content (AvgIpc) is 2.76. The van der Waals surface area contributed by atoms with Crippen LogP contribution in [-0.2, 0) is 11.2 Å². The van der Waals surface area contributed by atoms with Crippen LogP contribution in [0.25, 0.3) is 22.8 Å². The number of rotatable bonds is 5. The summed E-state index contributed by atoms with van der Waals surface area (Å²) in [5.74, 6) is 0.781. The molecule has 5 nitrogen and oxygen atoms in total. The predicted octanol–water partition coefficient (Wildman–Crippen LogP) is 4.35. The number of benzene rings is 2. The molecule has 0 aliphatic carbocycles. The molecule has 5 heteroatoms. The Morgan fingerprint density at radius 1 is 0.750 bits per heavy atom. The summed E-state index contributed by atoms with van der Waals surface area (Å²) >= 11 is 0. The highest BCUT2D eigenvalue weighted by atomic mass is 16.5. The molecule has 4 aromatic rings. The maximum Gasteiger partial charge on any atom is 0.315 e. The summed E-state index contributed by atoms with van der Waals surface area (Å²) in [6.45, 7) is 0. The third kappa shape index (κ3) is 4.27. The predicted molar refractivity (Wildman–Crippen MR) is 106 cm³/mol. The van der Waals surface area contributed by atoms with Gasteiger partial charge in [0.25, 0.3) is 0 Å². The van der Waals surface area contributed by atoms with Crippen molar-refractivity contribution in [3.8, 4) is 28.5 Å². The van der Waals surface area contributed by atoms with Crippen LogP contribution < -0.4 is 4.74 Å². The second-order valence-electron chi connectivity index (χ2n) is 6.14. The highest BCUT2D eigenvalue weighted by Crippen LogP contribution is 2.22. The summed E-state index contributed by atoms with van der Waals surface area (Å²) in [6, 6.07) is 24.2. The van der Waals surface area contributed by atoms with Gasteiger partial charge in [0.15, 0.2) is 5.82 Å². The molecule has 136 valence electrons. The molecule has 0 radical (unpaired) electrons. The highest BCUT2D eigenvalue weighted by Gasteiger charge is 2.08. The van der Waals surface area contributed by atoms with Crippen molar-refractivity contribution in [2.45, 2.75) is 6.42 Å². The first kappa shape index (κ1) is 17.5. The third-order valence-electron chi connectivity index (χ3n) is 4.12. The second-order valence-corrected chi connectivity index (χ2v) is 6.14. The van der Waals surface area contributed by atoms with E-state index in [0.717, 1.165) is 22.5 Å². The zero-order valence-electron chi connectivity index (χ0n) is 15.0. The van der Waals surface area contributed by atoms with E-state index in [1.807, 2.05) is 66.7 Å². The first-order chi connectivity index (χ1) is 13.8. The fraction of sp³-hybridized carbons (Fsp3) is 0.0435. The van der Waals surface area contributed by atoms with Crippen molar-refractivity contribution in [3.05, 3.63) is 96.8 Å². The fourth-order valence-electron chi connectivity index (χ4n) is 2.76. The van der Waals surface area contributed by atoms with E-state index in [4.69, 9.17) is 4.74 Å². The van der Waals surface area contributed by atoms with Crippen molar-refractivity contribution in [2.24, 2.45) is 0 Å². The minimum absolute atomic E-state index is 0.234. The van der Waals surface area contributed by atoms with Crippen LogP contribution in [0.2, 0.25) is 0 Å². The monoisotopic (exact) mass is 367 g/mol. The Bertz CT molecular complexity index is 1070. The zero-order valence-corrected chi connectivity index (χ0v) is 15.0. The molecule has 28 heavy (non-hydrogen) atoms. The quantitative estimate of drug-likeness (QED) is 0.387. The van der Waals surface area contributed by atoms with Crippen LogP contribution in [0.5, 0.6) is 5.75 Å². The zero-order chi connectivity index (χ0) is 19.2. The maximum absolute atomic E-state index is 12.1. The minimum Gasteiger partial charge on any atom is -0.426 e. The van der Waals surface area contributed by atoms with Gasteiger partial charge in [-0.3, -0.25) is 9.78 Å². The topological polar surface area (TPSA) is 65.0 Å². The normalized spacial score (nSPS) is 10.4. The minimum atomic E-state index is -0.299. The lowest BCUT2D eigenvalue weighted by Crippen LogP contribution is -2.11. The molecule has 0 unspecified atom stereocenters. The van der Waals surface area contributed by atoms with Crippen LogP contribution >= 0.6 is 0 Å². The van der Waals surface area contributed by atoms with E-state index in [1.54, 1.807) is 24.5 Å². The van der Waals surface area contributed by atoms with Gasteiger partial charge in [0.2, 0.25) is 0 Å². The van der Waals surface area contributed by atoms with Gasteiger partial charge in [-0.1, -0.05) is 36.4 Å². The van der Waals surface area contributed by atoms with Gasteiger partial charge in [-0.25, -0.2) is 9.97 Å². The van der Waals surface area contributed by atoms with Crippen molar-refractivity contribution in [1.29, 1.82) is 0 Å². The Morgan fingerprint density at radius 2 is 1.54 bits per heavy atom. The molecule has 0 amide bonds. The molecule has 0 saturated carbocycles. The Labute approximate surface area is 162 Å². The summed E-state index contributed by atoms with van der Waals surface area (Å²) in [5.41, 5.74) is 3.30. The highest BCUT2D eigenvalue weighted by molar-refractivity contribution is 5.75.